The Morgan fingerprint density at radius 3 is 2.54 bits per heavy atom. The SMILES string of the molecule is CCN(CC)CCN(C(=O)c1cc2c(ccc3ccccc32)oc1=O)c1nc2c(OC)cccc2s1.Cl. The molecule has 0 bridgehead atoms. The number of carbonyl (C=O) groups is 1. The molecule has 2 heterocycles. The van der Waals surface area contributed by atoms with E-state index in [-0.39, 0.29) is 18.0 Å². The number of hydrogen-bond donors (Lipinski definition) is 0. The molecule has 1 amide bonds. The Bertz CT molecular complexity index is 1630. The second kappa shape index (κ2) is 11.3. The van der Waals surface area contributed by atoms with Crippen molar-refractivity contribution in [3.05, 3.63) is 76.6 Å². The standard InChI is InChI=1S/C28H27N3O4S.ClH/c1-4-30(5-2)15-16-31(28-29-25-23(34-3)11-8-12-24(25)36-28)26(32)21-17-20-19-10-7-6-9-18(19)13-14-22(20)35-27(21)33;/h6-14,17H,4-5,15-16H2,1-3H3;1H. The van der Waals surface area contributed by atoms with Gasteiger partial charge in [0.1, 0.15) is 22.4 Å². The van der Waals surface area contributed by atoms with Gasteiger partial charge in [0.2, 0.25) is 0 Å². The number of rotatable bonds is 8. The van der Waals surface area contributed by atoms with E-state index in [2.05, 4.69) is 18.7 Å². The molecule has 0 aliphatic heterocycles. The summed E-state index contributed by atoms with van der Waals surface area (Å²) in [5.41, 5.74) is 0.478. The Labute approximate surface area is 224 Å². The van der Waals surface area contributed by atoms with Crippen molar-refractivity contribution in [2.24, 2.45) is 0 Å². The number of likely N-dealkylation sites (N-methyl/N-ethyl adjacent to an activating group) is 1. The number of benzene rings is 3. The van der Waals surface area contributed by atoms with E-state index in [0.717, 1.165) is 33.9 Å². The highest BCUT2D eigenvalue weighted by Gasteiger charge is 2.26. The summed E-state index contributed by atoms with van der Waals surface area (Å²) < 4.78 is 12.0. The van der Waals surface area contributed by atoms with E-state index in [4.69, 9.17) is 14.1 Å². The van der Waals surface area contributed by atoms with Gasteiger partial charge in [0.05, 0.1) is 11.8 Å². The van der Waals surface area contributed by atoms with Gasteiger partial charge in [-0.2, -0.15) is 0 Å². The summed E-state index contributed by atoms with van der Waals surface area (Å²) in [4.78, 5) is 35.5. The van der Waals surface area contributed by atoms with Crippen LogP contribution in [0.2, 0.25) is 0 Å². The lowest BCUT2D eigenvalue weighted by atomic mass is 10.0. The maximum absolute atomic E-state index is 13.9. The molecule has 0 spiro atoms. The van der Waals surface area contributed by atoms with Crippen LogP contribution >= 0.6 is 23.7 Å². The van der Waals surface area contributed by atoms with E-state index in [1.165, 1.54) is 11.3 Å². The van der Waals surface area contributed by atoms with Gasteiger partial charge in [-0.05, 0) is 48.1 Å². The molecule has 0 N–H and O–H groups in total. The van der Waals surface area contributed by atoms with E-state index in [9.17, 15) is 9.59 Å². The Morgan fingerprint density at radius 1 is 1.00 bits per heavy atom. The molecule has 0 aliphatic carbocycles. The van der Waals surface area contributed by atoms with Gasteiger partial charge in [-0.3, -0.25) is 9.69 Å². The smallest absolute Gasteiger partial charge is 0.349 e. The molecule has 0 saturated heterocycles. The first-order valence-electron chi connectivity index (χ1n) is 12.0. The third kappa shape index (κ3) is 5.05. The van der Waals surface area contributed by atoms with Gasteiger partial charge in [-0.15, -0.1) is 12.4 Å². The van der Waals surface area contributed by atoms with E-state index >= 15 is 0 Å². The van der Waals surface area contributed by atoms with Crippen molar-refractivity contribution in [2.75, 3.05) is 38.2 Å². The van der Waals surface area contributed by atoms with Crippen LogP contribution in [0.3, 0.4) is 0 Å². The van der Waals surface area contributed by atoms with E-state index in [1.807, 2.05) is 48.5 Å². The minimum atomic E-state index is -0.658. The average Bonchev–Trinajstić information content (AvgIpc) is 3.34. The molecule has 0 radical (unpaired) electrons. The molecule has 2 aromatic heterocycles. The second-order valence-electron chi connectivity index (χ2n) is 8.43. The monoisotopic (exact) mass is 537 g/mol. The van der Waals surface area contributed by atoms with Crippen molar-refractivity contribution in [1.29, 1.82) is 0 Å². The summed E-state index contributed by atoms with van der Waals surface area (Å²) in [6.45, 7) is 6.92. The zero-order valence-electron chi connectivity index (χ0n) is 20.9. The number of thiazole rings is 1. The highest BCUT2D eigenvalue weighted by molar-refractivity contribution is 7.22. The van der Waals surface area contributed by atoms with Crippen LogP contribution in [0.15, 0.2) is 69.9 Å². The molecule has 5 aromatic rings. The number of fused-ring (bicyclic) bond motifs is 4. The fourth-order valence-electron chi connectivity index (χ4n) is 4.42. The summed E-state index contributed by atoms with van der Waals surface area (Å²) in [5, 5.41) is 3.18. The van der Waals surface area contributed by atoms with Gasteiger partial charge < -0.3 is 14.1 Å². The van der Waals surface area contributed by atoms with Crippen molar-refractivity contribution in [3.8, 4) is 5.75 Å². The van der Waals surface area contributed by atoms with Crippen LogP contribution in [-0.4, -0.2) is 49.1 Å². The molecular formula is C28H28ClN3O4S. The second-order valence-corrected chi connectivity index (χ2v) is 9.44. The molecule has 192 valence electrons. The van der Waals surface area contributed by atoms with Crippen LogP contribution in [0.1, 0.15) is 24.2 Å². The van der Waals surface area contributed by atoms with Gasteiger partial charge in [0, 0.05) is 18.5 Å². The van der Waals surface area contributed by atoms with E-state index in [0.29, 0.717) is 35.1 Å². The summed E-state index contributed by atoms with van der Waals surface area (Å²) in [5.74, 6) is 0.214. The largest absolute Gasteiger partial charge is 0.494 e. The molecule has 0 saturated carbocycles. The number of aromatic nitrogens is 1. The minimum Gasteiger partial charge on any atom is -0.494 e. The van der Waals surface area contributed by atoms with Crippen LogP contribution < -0.4 is 15.3 Å². The molecule has 3 aromatic carbocycles. The van der Waals surface area contributed by atoms with Gasteiger partial charge in [-0.1, -0.05) is 61.6 Å². The highest BCUT2D eigenvalue weighted by atomic mass is 35.5. The van der Waals surface area contributed by atoms with Crippen molar-refractivity contribution in [3.63, 3.8) is 0 Å². The quantitative estimate of drug-likeness (QED) is 0.179. The fraction of sp³-hybridized carbons (Fsp3) is 0.250. The first kappa shape index (κ1) is 26.6. The predicted molar refractivity (Wildman–Crippen MR) is 153 cm³/mol. The third-order valence-electron chi connectivity index (χ3n) is 6.47. The Balaban J connectivity index is 0.00000320. The number of carbonyl (C=O) groups excluding carboxylic acids is 1. The summed E-state index contributed by atoms with van der Waals surface area (Å²) in [6, 6.07) is 18.9. The molecule has 0 aliphatic rings. The highest BCUT2D eigenvalue weighted by Crippen LogP contribution is 2.35. The summed E-state index contributed by atoms with van der Waals surface area (Å²) in [7, 11) is 1.60. The number of methoxy groups -OCH3 is 1. The Morgan fingerprint density at radius 2 is 1.78 bits per heavy atom. The number of halogens is 1. The lowest BCUT2D eigenvalue weighted by Crippen LogP contribution is -2.40. The lowest BCUT2D eigenvalue weighted by molar-refractivity contribution is 0.0980. The maximum atomic E-state index is 13.9. The van der Waals surface area contributed by atoms with Crippen molar-refractivity contribution in [1.82, 2.24) is 9.88 Å². The van der Waals surface area contributed by atoms with E-state index in [1.54, 1.807) is 24.1 Å². The topological polar surface area (TPSA) is 75.9 Å². The molecule has 37 heavy (non-hydrogen) atoms. The third-order valence-corrected chi connectivity index (χ3v) is 7.52. The molecule has 7 nitrogen and oxygen atoms in total. The summed E-state index contributed by atoms with van der Waals surface area (Å²) in [6.07, 6.45) is 0. The van der Waals surface area contributed by atoms with Crippen molar-refractivity contribution >= 4 is 66.7 Å². The molecule has 0 unspecified atom stereocenters. The van der Waals surface area contributed by atoms with Gasteiger partial charge >= 0.3 is 5.63 Å². The van der Waals surface area contributed by atoms with Crippen LogP contribution in [0.5, 0.6) is 5.75 Å². The predicted octanol–water partition coefficient (Wildman–Crippen LogP) is 5.97. The van der Waals surface area contributed by atoms with E-state index < -0.39 is 11.5 Å². The number of ether oxygens (including phenoxy) is 1. The van der Waals surface area contributed by atoms with Crippen LogP contribution in [0, 0.1) is 0 Å². The fourth-order valence-corrected chi connectivity index (χ4v) is 5.43. The van der Waals surface area contributed by atoms with Crippen molar-refractivity contribution in [2.45, 2.75) is 13.8 Å². The maximum Gasteiger partial charge on any atom is 0.349 e. The minimum absolute atomic E-state index is 0. The van der Waals surface area contributed by atoms with Gasteiger partial charge in [0.25, 0.3) is 5.91 Å². The van der Waals surface area contributed by atoms with Gasteiger partial charge in [0.15, 0.2) is 5.13 Å². The number of nitrogens with zero attached hydrogens (tertiary/aromatic N) is 3. The Hall–Kier alpha value is -3.46. The van der Waals surface area contributed by atoms with Crippen LogP contribution in [-0.2, 0) is 0 Å². The number of anilines is 1. The van der Waals surface area contributed by atoms with Crippen LogP contribution in [0.25, 0.3) is 32.0 Å². The summed E-state index contributed by atoms with van der Waals surface area (Å²) >= 11 is 1.40. The molecule has 0 atom stereocenters. The molecular weight excluding hydrogens is 510 g/mol. The Kier molecular flexibility index (Phi) is 8.12. The van der Waals surface area contributed by atoms with Gasteiger partial charge in [-0.25, -0.2) is 9.78 Å². The first-order chi connectivity index (χ1) is 17.5. The zero-order chi connectivity index (χ0) is 25.2. The molecule has 9 heteroatoms. The number of para-hydroxylation sites is 1. The molecule has 5 rings (SSSR count). The number of hydrogen-bond acceptors (Lipinski definition) is 7. The van der Waals surface area contributed by atoms with Crippen molar-refractivity contribution < 1.29 is 13.9 Å². The first-order valence-corrected chi connectivity index (χ1v) is 12.8. The number of amides is 1. The van der Waals surface area contributed by atoms with Crippen LogP contribution in [0.4, 0.5) is 5.13 Å². The zero-order valence-corrected chi connectivity index (χ0v) is 22.5. The lowest BCUT2D eigenvalue weighted by Gasteiger charge is -2.24. The normalized spacial score (nSPS) is 11.2. The molecule has 0 fully saturated rings. The average molecular weight is 538 g/mol.